The number of nitrogen functional groups attached to an aromatic ring is 1. The average Bonchev–Trinajstić information content (AvgIpc) is 3.08. The van der Waals surface area contributed by atoms with Gasteiger partial charge >= 0.3 is 0 Å². The molecule has 0 aliphatic rings. The lowest BCUT2D eigenvalue weighted by molar-refractivity contribution is -0.129. The summed E-state index contributed by atoms with van der Waals surface area (Å²) in [5, 5.41) is 8.37. The average molecular weight is 414 g/mol. The number of aromatic nitrogens is 3. The number of amides is 1. The van der Waals surface area contributed by atoms with Crippen LogP contribution in [0.3, 0.4) is 0 Å². The molecule has 0 saturated heterocycles. The Labute approximate surface area is 173 Å². The van der Waals surface area contributed by atoms with Gasteiger partial charge in [-0.3, -0.25) is 4.79 Å². The van der Waals surface area contributed by atoms with Gasteiger partial charge in [-0.05, 0) is 31.0 Å². The van der Waals surface area contributed by atoms with Crippen LogP contribution in [0.2, 0.25) is 0 Å². The second-order valence-electron chi connectivity index (χ2n) is 6.75. The van der Waals surface area contributed by atoms with Crippen LogP contribution >= 0.6 is 11.8 Å². The molecule has 0 aliphatic heterocycles. The van der Waals surface area contributed by atoms with Gasteiger partial charge in [0, 0.05) is 13.1 Å². The quantitative estimate of drug-likeness (QED) is 0.451. The second-order valence-corrected chi connectivity index (χ2v) is 7.69. The number of nitrogens with two attached hydrogens (primary N) is 1. The SMILES string of the molecule is CCCN(Cc1ccc(C)cc1)C(=O)CSc1nnc(-c2ccccc2F)n1N. The lowest BCUT2D eigenvalue weighted by atomic mass is 10.1. The summed E-state index contributed by atoms with van der Waals surface area (Å²) in [6, 6.07) is 14.4. The van der Waals surface area contributed by atoms with E-state index in [0.29, 0.717) is 18.2 Å². The normalized spacial score (nSPS) is 10.9. The Bertz CT molecular complexity index is 973. The van der Waals surface area contributed by atoms with Crippen molar-refractivity contribution in [2.75, 3.05) is 18.1 Å². The number of carbonyl (C=O) groups is 1. The molecule has 2 aromatic carbocycles. The van der Waals surface area contributed by atoms with Crippen molar-refractivity contribution >= 4 is 17.7 Å². The maximum atomic E-state index is 14.0. The summed E-state index contributed by atoms with van der Waals surface area (Å²) < 4.78 is 15.2. The third kappa shape index (κ3) is 5.14. The van der Waals surface area contributed by atoms with Crippen LogP contribution in [0.1, 0.15) is 24.5 Å². The topological polar surface area (TPSA) is 77.0 Å². The van der Waals surface area contributed by atoms with Gasteiger partial charge in [0.05, 0.1) is 11.3 Å². The zero-order valence-electron chi connectivity index (χ0n) is 16.5. The van der Waals surface area contributed by atoms with E-state index < -0.39 is 5.82 Å². The van der Waals surface area contributed by atoms with E-state index in [0.717, 1.165) is 12.0 Å². The number of hydrogen-bond donors (Lipinski definition) is 1. The van der Waals surface area contributed by atoms with Crippen LogP contribution in [0.5, 0.6) is 0 Å². The molecule has 0 bridgehead atoms. The molecule has 0 aliphatic carbocycles. The number of halogens is 1. The van der Waals surface area contributed by atoms with Crippen molar-refractivity contribution < 1.29 is 9.18 Å². The number of nitrogens with zero attached hydrogens (tertiary/aromatic N) is 4. The summed E-state index contributed by atoms with van der Waals surface area (Å²) in [6.07, 6.45) is 0.868. The Morgan fingerprint density at radius 1 is 1.17 bits per heavy atom. The minimum absolute atomic E-state index is 0.00660. The molecule has 3 aromatic rings. The summed E-state index contributed by atoms with van der Waals surface area (Å²) in [7, 11) is 0. The highest BCUT2D eigenvalue weighted by atomic mass is 32.2. The summed E-state index contributed by atoms with van der Waals surface area (Å²) in [5.41, 5.74) is 2.55. The summed E-state index contributed by atoms with van der Waals surface area (Å²) in [4.78, 5) is 14.6. The first-order valence-electron chi connectivity index (χ1n) is 9.41. The number of thioether (sulfide) groups is 1. The molecular formula is C21H24FN5OS. The first-order valence-corrected chi connectivity index (χ1v) is 10.4. The fraction of sp³-hybridized carbons (Fsp3) is 0.286. The van der Waals surface area contributed by atoms with Crippen LogP contribution in [-0.2, 0) is 11.3 Å². The number of benzene rings is 2. The van der Waals surface area contributed by atoms with Gasteiger partial charge in [0.25, 0.3) is 0 Å². The summed E-state index contributed by atoms with van der Waals surface area (Å²) >= 11 is 1.19. The summed E-state index contributed by atoms with van der Waals surface area (Å²) in [6.45, 7) is 5.31. The van der Waals surface area contributed by atoms with Crippen molar-refractivity contribution in [1.82, 2.24) is 19.8 Å². The van der Waals surface area contributed by atoms with Crippen LogP contribution in [0.15, 0.2) is 53.7 Å². The standard InChI is InChI=1S/C21H24FN5OS/c1-3-12-26(13-16-10-8-15(2)9-11-16)19(28)14-29-21-25-24-20(27(21)23)17-6-4-5-7-18(17)22/h4-11H,3,12-14,23H2,1-2H3. The Morgan fingerprint density at radius 3 is 2.59 bits per heavy atom. The lowest BCUT2D eigenvalue weighted by Gasteiger charge is -2.22. The van der Waals surface area contributed by atoms with Gasteiger partial charge in [0.1, 0.15) is 5.82 Å². The molecule has 6 nitrogen and oxygen atoms in total. The molecule has 8 heteroatoms. The molecule has 1 amide bonds. The fourth-order valence-corrected chi connectivity index (χ4v) is 3.65. The Hall–Kier alpha value is -2.87. The van der Waals surface area contributed by atoms with E-state index in [1.54, 1.807) is 18.2 Å². The van der Waals surface area contributed by atoms with E-state index in [2.05, 4.69) is 10.2 Å². The largest absolute Gasteiger partial charge is 0.338 e. The number of rotatable bonds is 8. The van der Waals surface area contributed by atoms with Gasteiger partial charge in [0.15, 0.2) is 5.82 Å². The molecule has 3 rings (SSSR count). The zero-order chi connectivity index (χ0) is 20.8. The molecular weight excluding hydrogens is 389 g/mol. The maximum absolute atomic E-state index is 14.0. The zero-order valence-corrected chi connectivity index (χ0v) is 17.3. The van der Waals surface area contributed by atoms with Crippen molar-refractivity contribution in [2.45, 2.75) is 32.0 Å². The summed E-state index contributed by atoms with van der Waals surface area (Å²) in [5.74, 6) is 6.02. The van der Waals surface area contributed by atoms with E-state index in [4.69, 9.17) is 5.84 Å². The molecule has 152 valence electrons. The van der Waals surface area contributed by atoms with Gasteiger partial charge in [-0.25, -0.2) is 9.07 Å². The molecule has 0 radical (unpaired) electrons. The predicted molar refractivity (Wildman–Crippen MR) is 113 cm³/mol. The van der Waals surface area contributed by atoms with Gasteiger partial charge < -0.3 is 10.7 Å². The molecule has 0 fully saturated rings. The van der Waals surface area contributed by atoms with Crippen molar-refractivity contribution in [1.29, 1.82) is 0 Å². The number of hydrogen-bond acceptors (Lipinski definition) is 5. The van der Waals surface area contributed by atoms with Crippen molar-refractivity contribution in [3.63, 3.8) is 0 Å². The number of aryl methyl sites for hydroxylation is 1. The highest BCUT2D eigenvalue weighted by Gasteiger charge is 2.18. The Balaban J connectivity index is 1.67. The maximum Gasteiger partial charge on any atom is 0.233 e. The smallest absolute Gasteiger partial charge is 0.233 e. The van der Waals surface area contributed by atoms with Crippen LogP contribution in [-0.4, -0.2) is 38.0 Å². The van der Waals surface area contributed by atoms with E-state index >= 15 is 0 Å². The highest BCUT2D eigenvalue weighted by Crippen LogP contribution is 2.24. The minimum Gasteiger partial charge on any atom is -0.338 e. The van der Waals surface area contributed by atoms with Gasteiger partial charge in [-0.1, -0.05) is 60.6 Å². The lowest BCUT2D eigenvalue weighted by Crippen LogP contribution is -2.32. The van der Waals surface area contributed by atoms with Gasteiger partial charge in [-0.15, -0.1) is 10.2 Å². The molecule has 0 unspecified atom stereocenters. The molecule has 1 aromatic heterocycles. The van der Waals surface area contributed by atoms with Crippen LogP contribution < -0.4 is 5.84 Å². The van der Waals surface area contributed by atoms with Gasteiger partial charge in [-0.2, -0.15) is 0 Å². The Kier molecular flexibility index (Phi) is 6.87. The van der Waals surface area contributed by atoms with E-state index in [-0.39, 0.29) is 23.0 Å². The first kappa shape index (κ1) is 20.9. The van der Waals surface area contributed by atoms with Crippen molar-refractivity contribution in [3.05, 3.63) is 65.5 Å². The first-order chi connectivity index (χ1) is 14.0. The van der Waals surface area contributed by atoms with Crippen LogP contribution in [0, 0.1) is 12.7 Å². The number of carbonyl (C=O) groups excluding carboxylic acids is 1. The Morgan fingerprint density at radius 2 is 1.90 bits per heavy atom. The molecule has 0 saturated carbocycles. The predicted octanol–water partition coefficient (Wildman–Crippen LogP) is 3.64. The van der Waals surface area contributed by atoms with Crippen molar-refractivity contribution in [2.24, 2.45) is 0 Å². The monoisotopic (exact) mass is 413 g/mol. The third-order valence-corrected chi connectivity index (χ3v) is 5.37. The van der Waals surface area contributed by atoms with E-state index in [1.165, 1.54) is 28.1 Å². The van der Waals surface area contributed by atoms with Crippen LogP contribution in [0.4, 0.5) is 4.39 Å². The third-order valence-electron chi connectivity index (χ3n) is 4.44. The van der Waals surface area contributed by atoms with Gasteiger partial charge in [0.2, 0.25) is 11.1 Å². The molecule has 1 heterocycles. The molecule has 0 atom stereocenters. The van der Waals surface area contributed by atoms with Crippen LogP contribution in [0.25, 0.3) is 11.4 Å². The van der Waals surface area contributed by atoms with E-state index in [1.807, 2.05) is 43.0 Å². The molecule has 2 N–H and O–H groups in total. The molecule has 0 spiro atoms. The fourth-order valence-electron chi connectivity index (χ4n) is 2.89. The van der Waals surface area contributed by atoms with Crippen molar-refractivity contribution in [3.8, 4) is 11.4 Å². The minimum atomic E-state index is -0.425. The molecule has 29 heavy (non-hydrogen) atoms. The second kappa shape index (κ2) is 9.56. The highest BCUT2D eigenvalue weighted by molar-refractivity contribution is 7.99. The van der Waals surface area contributed by atoms with E-state index in [9.17, 15) is 9.18 Å².